The Morgan fingerprint density at radius 3 is 2.48 bits per heavy atom. The van der Waals surface area contributed by atoms with E-state index in [2.05, 4.69) is 20.8 Å². The SMILES string of the molecule is Cc1c(NCCNC(=O)O)nnc(-c2ccccc2)c1C. The number of carboxylic acid groups (broad SMARTS) is 1. The molecule has 1 heterocycles. The molecule has 1 amide bonds. The normalized spacial score (nSPS) is 10.2. The lowest BCUT2D eigenvalue weighted by molar-refractivity contribution is 0.195. The van der Waals surface area contributed by atoms with Crippen LogP contribution in [0.2, 0.25) is 0 Å². The van der Waals surface area contributed by atoms with E-state index in [4.69, 9.17) is 5.11 Å². The van der Waals surface area contributed by atoms with E-state index in [1.165, 1.54) is 0 Å². The Morgan fingerprint density at radius 1 is 1.10 bits per heavy atom. The largest absolute Gasteiger partial charge is 0.465 e. The van der Waals surface area contributed by atoms with Gasteiger partial charge < -0.3 is 15.7 Å². The van der Waals surface area contributed by atoms with Crippen LogP contribution in [0.4, 0.5) is 10.6 Å². The van der Waals surface area contributed by atoms with Gasteiger partial charge in [0.25, 0.3) is 0 Å². The molecule has 0 atom stereocenters. The summed E-state index contributed by atoms with van der Waals surface area (Å²) in [5.41, 5.74) is 3.97. The Balaban J connectivity index is 2.12. The summed E-state index contributed by atoms with van der Waals surface area (Å²) in [7, 11) is 0. The number of rotatable bonds is 5. The Labute approximate surface area is 123 Å². The Kier molecular flexibility index (Phi) is 4.71. The molecule has 2 rings (SSSR count). The molecule has 1 aromatic heterocycles. The van der Waals surface area contributed by atoms with Crippen LogP contribution in [-0.2, 0) is 0 Å². The highest BCUT2D eigenvalue weighted by molar-refractivity contribution is 5.66. The molecule has 0 spiro atoms. The van der Waals surface area contributed by atoms with Crippen molar-refractivity contribution in [2.24, 2.45) is 0 Å². The molecule has 0 saturated heterocycles. The minimum atomic E-state index is -1.03. The number of nitrogens with one attached hydrogen (secondary N) is 2. The highest BCUT2D eigenvalue weighted by Gasteiger charge is 2.10. The molecule has 3 N–H and O–H groups in total. The fourth-order valence-electron chi connectivity index (χ4n) is 1.99. The number of carbonyl (C=O) groups is 1. The summed E-state index contributed by atoms with van der Waals surface area (Å²) in [6.07, 6.45) is -1.03. The van der Waals surface area contributed by atoms with E-state index in [-0.39, 0.29) is 0 Å². The molecule has 6 nitrogen and oxygen atoms in total. The second-order valence-electron chi connectivity index (χ2n) is 4.67. The molecular weight excluding hydrogens is 268 g/mol. The molecule has 0 saturated carbocycles. The molecular formula is C15H18N4O2. The summed E-state index contributed by atoms with van der Waals surface area (Å²) in [4.78, 5) is 10.4. The summed E-state index contributed by atoms with van der Waals surface area (Å²) in [5, 5.41) is 22.4. The zero-order chi connectivity index (χ0) is 15.2. The zero-order valence-corrected chi connectivity index (χ0v) is 12.1. The predicted molar refractivity (Wildman–Crippen MR) is 81.5 cm³/mol. The topological polar surface area (TPSA) is 87.1 Å². The number of hydrogen-bond donors (Lipinski definition) is 3. The molecule has 0 radical (unpaired) electrons. The first kappa shape index (κ1) is 14.8. The summed E-state index contributed by atoms with van der Waals surface area (Å²) in [6.45, 7) is 4.76. The van der Waals surface area contributed by atoms with E-state index in [0.29, 0.717) is 18.9 Å². The molecule has 21 heavy (non-hydrogen) atoms. The minimum Gasteiger partial charge on any atom is -0.465 e. The lowest BCUT2D eigenvalue weighted by atomic mass is 10.0. The number of aromatic nitrogens is 2. The van der Waals surface area contributed by atoms with Crippen LogP contribution in [0.1, 0.15) is 11.1 Å². The first-order valence-corrected chi connectivity index (χ1v) is 6.69. The van der Waals surface area contributed by atoms with E-state index >= 15 is 0 Å². The van der Waals surface area contributed by atoms with E-state index in [1.54, 1.807) is 0 Å². The smallest absolute Gasteiger partial charge is 0.404 e. The molecule has 0 bridgehead atoms. The fraction of sp³-hybridized carbons (Fsp3) is 0.267. The molecule has 2 aromatic rings. The highest BCUT2D eigenvalue weighted by atomic mass is 16.4. The van der Waals surface area contributed by atoms with Crippen LogP contribution in [0.15, 0.2) is 30.3 Å². The van der Waals surface area contributed by atoms with Crippen molar-refractivity contribution in [2.75, 3.05) is 18.4 Å². The first-order chi connectivity index (χ1) is 10.1. The van der Waals surface area contributed by atoms with Crippen LogP contribution in [0, 0.1) is 13.8 Å². The van der Waals surface area contributed by atoms with Gasteiger partial charge in [-0.2, -0.15) is 0 Å². The van der Waals surface area contributed by atoms with E-state index in [1.807, 2.05) is 44.2 Å². The van der Waals surface area contributed by atoms with Gasteiger partial charge in [-0.3, -0.25) is 0 Å². The lowest BCUT2D eigenvalue weighted by Gasteiger charge is -2.12. The van der Waals surface area contributed by atoms with Gasteiger partial charge in [0.15, 0.2) is 5.82 Å². The Hall–Kier alpha value is -2.63. The third-order valence-corrected chi connectivity index (χ3v) is 3.26. The van der Waals surface area contributed by atoms with Gasteiger partial charge in [-0.1, -0.05) is 30.3 Å². The average Bonchev–Trinajstić information content (AvgIpc) is 2.48. The average molecular weight is 286 g/mol. The highest BCUT2D eigenvalue weighted by Crippen LogP contribution is 2.25. The number of benzene rings is 1. The Bertz CT molecular complexity index is 629. The maximum absolute atomic E-state index is 10.4. The van der Waals surface area contributed by atoms with Crippen molar-refractivity contribution in [1.82, 2.24) is 15.5 Å². The van der Waals surface area contributed by atoms with Gasteiger partial charge in [0.2, 0.25) is 0 Å². The van der Waals surface area contributed by atoms with Crippen LogP contribution in [-0.4, -0.2) is 34.5 Å². The van der Waals surface area contributed by atoms with Gasteiger partial charge in [0.1, 0.15) is 0 Å². The monoisotopic (exact) mass is 286 g/mol. The van der Waals surface area contributed by atoms with Gasteiger partial charge in [-0.15, -0.1) is 10.2 Å². The fourth-order valence-corrected chi connectivity index (χ4v) is 1.99. The van der Waals surface area contributed by atoms with E-state index in [9.17, 15) is 4.79 Å². The van der Waals surface area contributed by atoms with E-state index < -0.39 is 6.09 Å². The molecule has 0 aliphatic rings. The summed E-state index contributed by atoms with van der Waals surface area (Å²) in [5.74, 6) is 0.680. The van der Waals surface area contributed by atoms with Gasteiger partial charge >= 0.3 is 6.09 Å². The van der Waals surface area contributed by atoms with E-state index in [0.717, 1.165) is 22.4 Å². The minimum absolute atomic E-state index is 0.315. The van der Waals surface area contributed by atoms with Crippen molar-refractivity contribution in [3.8, 4) is 11.3 Å². The maximum Gasteiger partial charge on any atom is 0.404 e. The third-order valence-electron chi connectivity index (χ3n) is 3.26. The summed E-state index contributed by atoms with van der Waals surface area (Å²) < 4.78 is 0. The van der Waals surface area contributed by atoms with Crippen molar-refractivity contribution in [3.63, 3.8) is 0 Å². The van der Waals surface area contributed by atoms with Crippen LogP contribution in [0.3, 0.4) is 0 Å². The van der Waals surface area contributed by atoms with Crippen molar-refractivity contribution >= 4 is 11.9 Å². The summed E-state index contributed by atoms with van der Waals surface area (Å²) >= 11 is 0. The molecule has 1 aromatic carbocycles. The molecule has 0 fully saturated rings. The molecule has 0 aliphatic carbocycles. The lowest BCUT2D eigenvalue weighted by Crippen LogP contribution is -2.27. The van der Waals surface area contributed by atoms with Crippen molar-refractivity contribution in [2.45, 2.75) is 13.8 Å². The van der Waals surface area contributed by atoms with Gasteiger partial charge in [-0.25, -0.2) is 4.79 Å². The number of nitrogens with zero attached hydrogens (tertiary/aromatic N) is 2. The second-order valence-corrected chi connectivity index (χ2v) is 4.67. The van der Waals surface area contributed by atoms with Crippen LogP contribution >= 0.6 is 0 Å². The number of hydrogen-bond acceptors (Lipinski definition) is 4. The van der Waals surface area contributed by atoms with Gasteiger partial charge in [-0.05, 0) is 25.0 Å². The third kappa shape index (κ3) is 3.68. The first-order valence-electron chi connectivity index (χ1n) is 6.69. The van der Waals surface area contributed by atoms with Crippen LogP contribution in [0.5, 0.6) is 0 Å². The molecule has 0 unspecified atom stereocenters. The number of amides is 1. The molecule has 0 aliphatic heterocycles. The van der Waals surface area contributed by atoms with Gasteiger partial charge in [0, 0.05) is 18.7 Å². The molecule has 110 valence electrons. The molecule has 6 heteroatoms. The van der Waals surface area contributed by atoms with Crippen LogP contribution < -0.4 is 10.6 Å². The predicted octanol–water partition coefficient (Wildman–Crippen LogP) is 2.44. The number of anilines is 1. The van der Waals surface area contributed by atoms with Crippen molar-refractivity contribution in [1.29, 1.82) is 0 Å². The van der Waals surface area contributed by atoms with Crippen molar-refractivity contribution < 1.29 is 9.90 Å². The Morgan fingerprint density at radius 2 is 1.81 bits per heavy atom. The van der Waals surface area contributed by atoms with Gasteiger partial charge in [0.05, 0.1) is 5.69 Å². The second kappa shape index (κ2) is 6.69. The van der Waals surface area contributed by atoms with Crippen molar-refractivity contribution in [3.05, 3.63) is 41.5 Å². The summed E-state index contributed by atoms with van der Waals surface area (Å²) in [6, 6.07) is 9.90. The maximum atomic E-state index is 10.4. The zero-order valence-electron chi connectivity index (χ0n) is 12.1. The quantitative estimate of drug-likeness (QED) is 0.735. The standard InChI is InChI=1S/C15H18N4O2/c1-10-11(2)14(16-8-9-17-15(20)21)19-18-13(10)12-6-4-3-5-7-12/h3-7,17H,8-9H2,1-2H3,(H,16,19)(H,20,21). The van der Waals surface area contributed by atoms with Crippen LogP contribution in [0.25, 0.3) is 11.3 Å².